The first-order chi connectivity index (χ1) is 8.49. The molecule has 0 aliphatic carbocycles. The normalized spacial score (nSPS) is 19.0. The number of carbonyl (C=O) groups excluding carboxylic acids is 1. The summed E-state index contributed by atoms with van der Waals surface area (Å²) in [6.07, 6.45) is 1.69. The summed E-state index contributed by atoms with van der Waals surface area (Å²) in [5, 5.41) is 15.8. The molecule has 7 nitrogen and oxygen atoms in total. The van der Waals surface area contributed by atoms with Gasteiger partial charge in [0.15, 0.2) is 0 Å². The second kappa shape index (κ2) is 4.89. The molecule has 8 heteroatoms. The van der Waals surface area contributed by atoms with E-state index in [2.05, 4.69) is 10.4 Å². The van der Waals surface area contributed by atoms with Crippen LogP contribution < -0.4 is 5.32 Å². The molecule has 1 atom stereocenters. The van der Waals surface area contributed by atoms with Crippen molar-refractivity contribution in [2.45, 2.75) is 13.0 Å². The van der Waals surface area contributed by atoms with Gasteiger partial charge in [0.25, 0.3) is 0 Å². The number of carboxylic acids is 1. The number of aliphatic carboxylic acids is 1. The van der Waals surface area contributed by atoms with Crippen LogP contribution in [-0.4, -0.2) is 49.5 Å². The van der Waals surface area contributed by atoms with Crippen LogP contribution in [0.2, 0.25) is 0 Å². The Balaban J connectivity index is 2.08. The van der Waals surface area contributed by atoms with Crippen LogP contribution in [0.25, 0.3) is 0 Å². The zero-order valence-electron chi connectivity index (χ0n) is 10.1. The summed E-state index contributed by atoms with van der Waals surface area (Å²) < 4.78 is 1.60. The molecule has 0 radical (unpaired) electrons. The first-order valence-electron chi connectivity index (χ1n) is 5.37. The fourth-order valence-electron chi connectivity index (χ4n) is 1.76. The largest absolute Gasteiger partial charge is 0.480 e. The van der Waals surface area contributed by atoms with Crippen molar-refractivity contribution in [3.63, 3.8) is 0 Å². The second-order valence-electron chi connectivity index (χ2n) is 4.06. The summed E-state index contributed by atoms with van der Waals surface area (Å²) in [5.74, 6) is -0.158. The van der Waals surface area contributed by atoms with E-state index in [1.165, 1.54) is 16.7 Å². The van der Waals surface area contributed by atoms with Gasteiger partial charge in [-0.2, -0.15) is 5.10 Å². The molecule has 2 amide bonds. The van der Waals surface area contributed by atoms with Gasteiger partial charge in [-0.1, -0.05) is 0 Å². The highest BCUT2D eigenvalue weighted by atomic mass is 32.2. The van der Waals surface area contributed by atoms with E-state index in [1.807, 2.05) is 0 Å². The average Bonchev–Trinajstić information content (AvgIpc) is 2.86. The topological polar surface area (TPSA) is 87.5 Å². The summed E-state index contributed by atoms with van der Waals surface area (Å²) in [6, 6.07) is -1.16. The van der Waals surface area contributed by atoms with Crippen molar-refractivity contribution in [2.75, 3.05) is 16.9 Å². The van der Waals surface area contributed by atoms with Crippen LogP contribution >= 0.6 is 11.8 Å². The van der Waals surface area contributed by atoms with Gasteiger partial charge in [-0.05, 0) is 6.92 Å². The Kier molecular flexibility index (Phi) is 3.46. The molecule has 0 unspecified atom stereocenters. The standard InChI is InChI=1S/C10H14N4O3S/c1-6-7(3-13(2)12-6)11-10(17)14-5-18-4-8(14)9(15)16/h3,8H,4-5H2,1-2H3,(H,11,17)(H,15,16)/t8-/m0/s1. The number of nitrogens with one attached hydrogen (secondary N) is 1. The van der Waals surface area contributed by atoms with E-state index in [0.29, 0.717) is 23.0 Å². The molecule has 2 heterocycles. The number of amides is 2. The monoisotopic (exact) mass is 270 g/mol. The summed E-state index contributed by atoms with van der Waals surface area (Å²) in [6.45, 7) is 1.78. The average molecular weight is 270 g/mol. The van der Waals surface area contributed by atoms with Gasteiger partial charge >= 0.3 is 12.0 Å². The van der Waals surface area contributed by atoms with Crippen LogP contribution in [0.15, 0.2) is 6.20 Å². The third-order valence-corrected chi connectivity index (χ3v) is 3.70. The molecule has 2 N–H and O–H groups in total. The van der Waals surface area contributed by atoms with E-state index in [-0.39, 0.29) is 0 Å². The van der Waals surface area contributed by atoms with Gasteiger partial charge < -0.3 is 15.3 Å². The molecule has 0 aromatic carbocycles. The smallest absolute Gasteiger partial charge is 0.327 e. The number of hydrogen-bond acceptors (Lipinski definition) is 4. The number of hydrogen-bond donors (Lipinski definition) is 2. The predicted molar refractivity (Wildman–Crippen MR) is 67.6 cm³/mol. The Hall–Kier alpha value is -1.70. The maximum atomic E-state index is 12.0. The number of carbonyl (C=O) groups is 2. The van der Waals surface area contributed by atoms with Crippen molar-refractivity contribution in [1.82, 2.24) is 14.7 Å². The fraction of sp³-hybridized carbons (Fsp3) is 0.500. The minimum atomic E-state index is -0.974. The minimum Gasteiger partial charge on any atom is -0.480 e. The Morgan fingerprint density at radius 1 is 1.61 bits per heavy atom. The maximum Gasteiger partial charge on any atom is 0.327 e. The lowest BCUT2D eigenvalue weighted by Crippen LogP contribution is -2.44. The third-order valence-electron chi connectivity index (χ3n) is 2.68. The zero-order valence-corrected chi connectivity index (χ0v) is 10.9. The molecule has 0 bridgehead atoms. The molecule has 1 fully saturated rings. The van der Waals surface area contributed by atoms with Gasteiger partial charge in [0.05, 0.1) is 17.3 Å². The van der Waals surface area contributed by atoms with Gasteiger partial charge in [0, 0.05) is 19.0 Å². The number of urea groups is 1. The first-order valence-corrected chi connectivity index (χ1v) is 6.53. The lowest BCUT2D eigenvalue weighted by molar-refractivity contribution is -0.140. The first kappa shape index (κ1) is 12.7. The Morgan fingerprint density at radius 3 is 2.89 bits per heavy atom. The number of aromatic nitrogens is 2. The molecular weight excluding hydrogens is 256 g/mol. The summed E-state index contributed by atoms with van der Waals surface area (Å²) in [7, 11) is 1.76. The van der Waals surface area contributed by atoms with Crippen LogP contribution in [0, 0.1) is 6.92 Å². The van der Waals surface area contributed by atoms with Crippen LogP contribution in [0.3, 0.4) is 0 Å². The highest BCUT2D eigenvalue weighted by Crippen LogP contribution is 2.22. The van der Waals surface area contributed by atoms with Crippen molar-refractivity contribution < 1.29 is 14.7 Å². The molecule has 98 valence electrons. The number of aryl methyl sites for hydroxylation is 2. The Morgan fingerprint density at radius 2 is 2.33 bits per heavy atom. The van der Waals surface area contributed by atoms with Crippen molar-refractivity contribution >= 4 is 29.4 Å². The maximum absolute atomic E-state index is 12.0. The van der Waals surface area contributed by atoms with Crippen LogP contribution in [0.4, 0.5) is 10.5 Å². The fourth-order valence-corrected chi connectivity index (χ4v) is 2.90. The highest BCUT2D eigenvalue weighted by Gasteiger charge is 2.34. The number of rotatable bonds is 2. The van der Waals surface area contributed by atoms with Crippen molar-refractivity contribution in [2.24, 2.45) is 7.05 Å². The molecule has 18 heavy (non-hydrogen) atoms. The lowest BCUT2D eigenvalue weighted by Gasteiger charge is -2.20. The van der Waals surface area contributed by atoms with Gasteiger partial charge in [-0.25, -0.2) is 9.59 Å². The van der Waals surface area contributed by atoms with E-state index in [0.717, 1.165) is 0 Å². The van der Waals surface area contributed by atoms with Crippen LogP contribution in [0.5, 0.6) is 0 Å². The van der Waals surface area contributed by atoms with Crippen LogP contribution in [0.1, 0.15) is 5.69 Å². The van der Waals surface area contributed by atoms with Gasteiger partial charge in [-0.3, -0.25) is 4.68 Å². The molecule has 2 rings (SSSR count). The molecule has 1 saturated heterocycles. The lowest BCUT2D eigenvalue weighted by atomic mass is 10.3. The second-order valence-corrected chi connectivity index (χ2v) is 5.06. The van der Waals surface area contributed by atoms with E-state index in [9.17, 15) is 9.59 Å². The minimum absolute atomic E-state index is 0.391. The Labute approximate surface area is 108 Å². The molecule has 0 spiro atoms. The molecule has 1 aliphatic rings. The van der Waals surface area contributed by atoms with Gasteiger partial charge in [0.1, 0.15) is 6.04 Å². The van der Waals surface area contributed by atoms with Crippen LogP contribution in [-0.2, 0) is 11.8 Å². The SMILES string of the molecule is Cc1nn(C)cc1NC(=O)N1CSC[C@H]1C(=O)O. The summed E-state index contributed by atoms with van der Waals surface area (Å²) in [5.41, 5.74) is 1.30. The molecule has 1 aromatic rings. The van der Waals surface area contributed by atoms with E-state index in [1.54, 1.807) is 24.9 Å². The van der Waals surface area contributed by atoms with E-state index < -0.39 is 18.0 Å². The zero-order chi connectivity index (χ0) is 13.3. The number of anilines is 1. The van der Waals surface area contributed by atoms with E-state index >= 15 is 0 Å². The quantitative estimate of drug-likeness (QED) is 0.826. The van der Waals surface area contributed by atoms with Crippen molar-refractivity contribution in [3.8, 4) is 0 Å². The van der Waals surface area contributed by atoms with Crippen molar-refractivity contribution in [1.29, 1.82) is 0 Å². The molecule has 0 saturated carbocycles. The molecule has 1 aromatic heterocycles. The van der Waals surface area contributed by atoms with Gasteiger partial charge in [0.2, 0.25) is 0 Å². The molecular formula is C10H14N4O3S. The molecule has 1 aliphatic heterocycles. The van der Waals surface area contributed by atoms with E-state index in [4.69, 9.17) is 5.11 Å². The number of carboxylic acid groups (broad SMARTS) is 1. The summed E-state index contributed by atoms with van der Waals surface area (Å²) in [4.78, 5) is 24.3. The number of thioether (sulfide) groups is 1. The highest BCUT2D eigenvalue weighted by molar-refractivity contribution is 7.99. The van der Waals surface area contributed by atoms with Gasteiger partial charge in [-0.15, -0.1) is 11.8 Å². The Bertz CT molecular complexity index is 487. The summed E-state index contributed by atoms with van der Waals surface area (Å²) >= 11 is 1.43. The van der Waals surface area contributed by atoms with Crippen molar-refractivity contribution in [3.05, 3.63) is 11.9 Å². The predicted octanol–water partition coefficient (Wildman–Crippen LogP) is 0.720. The third kappa shape index (κ3) is 2.42. The number of nitrogens with zero attached hydrogens (tertiary/aromatic N) is 3.